The number of nitrogens with one attached hydrogen (secondary N) is 2. The molecule has 0 aliphatic carbocycles. The molecule has 0 spiro atoms. The number of amides is 1. The van der Waals surface area contributed by atoms with Crippen molar-refractivity contribution in [3.05, 3.63) is 26.4 Å². The lowest BCUT2D eigenvalue weighted by Gasteiger charge is -2.20. The first-order valence-electron chi connectivity index (χ1n) is 6.90. The monoisotopic (exact) mass is 297 g/mol. The molecule has 0 radical (unpaired) electrons. The SMILES string of the molecule is CC(C)c1c(O)n(CCC(=O)NC(C)(C)C)c(=O)[nH]c1=O. The quantitative estimate of drug-likeness (QED) is 0.759. The second-order valence-corrected chi connectivity index (χ2v) is 6.35. The van der Waals surface area contributed by atoms with Crippen molar-refractivity contribution >= 4 is 5.91 Å². The van der Waals surface area contributed by atoms with Gasteiger partial charge in [0, 0.05) is 18.5 Å². The van der Waals surface area contributed by atoms with Crippen LogP contribution in [-0.2, 0) is 11.3 Å². The summed E-state index contributed by atoms with van der Waals surface area (Å²) in [6, 6.07) is 0. The predicted molar refractivity (Wildman–Crippen MR) is 79.6 cm³/mol. The molecule has 0 aromatic carbocycles. The lowest BCUT2D eigenvalue weighted by molar-refractivity contribution is -0.122. The molecule has 0 bridgehead atoms. The standard InChI is InChI=1S/C14H23N3O4/c1-8(2)10-11(19)15-13(21)17(12(10)20)7-6-9(18)16-14(3,4)5/h8,20H,6-7H2,1-5H3,(H,16,18)(H,15,19,21). The molecule has 0 fully saturated rings. The lowest BCUT2D eigenvalue weighted by atomic mass is 10.1. The molecule has 1 aromatic heterocycles. The number of carbonyl (C=O) groups is 1. The third-order valence-corrected chi connectivity index (χ3v) is 2.86. The smallest absolute Gasteiger partial charge is 0.331 e. The molecular weight excluding hydrogens is 274 g/mol. The van der Waals surface area contributed by atoms with Gasteiger partial charge in [-0.25, -0.2) is 4.79 Å². The Labute approximate surface area is 123 Å². The fraction of sp³-hybridized carbons (Fsp3) is 0.643. The van der Waals surface area contributed by atoms with Gasteiger partial charge in [-0.3, -0.25) is 19.1 Å². The maximum Gasteiger partial charge on any atom is 0.331 e. The molecule has 1 amide bonds. The number of rotatable bonds is 4. The van der Waals surface area contributed by atoms with Crippen LogP contribution in [0.1, 0.15) is 52.5 Å². The van der Waals surface area contributed by atoms with Gasteiger partial charge in [0.2, 0.25) is 11.8 Å². The number of aromatic nitrogens is 2. The van der Waals surface area contributed by atoms with Gasteiger partial charge in [-0.05, 0) is 26.7 Å². The zero-order valence-corrected chi connectivity index (χ0v) is 13.1. The lowest BCUT2D eigenvalue weighted by Crippen LogP contribution is -2.41. The van der Waals surface area contributed by atoms with Crippen LogP contribution >= 0.6 is 0 Å². The molecule has 3 N–H and O–H groups in total. The number of carbonyl (C=O) groups excluding carboxylic acids is 1. The van der Waals surface area contributed by atoms with Crippen molar-refractivity contribution in [2.24, 2.45) is 0 Å². The number of aromatic amines is 1. The molecule has 1 heterocycles. The van der Waals surface area contributed by atoms with E-state index >= 15 is 0 Å². The largest absolute Gasteiger partial charge is 0.494 e. The van der Waals surface area contributed by atoms with Gasteiger partial charge in [-0.2, -0.15) is 0 Å². The van der Waals surface area contributed by atoms with Crippen molar-refractivity contribution in [2.75, 3.05) is 0 Å². The summed E-state index contributed by atoms with van der Waals surface area (Å²) in [5, 5.41) is 12.8. The molecule has 1 aromatic rings. The Kier molecular flexibility index (Phi) is 4.98. The molecule has 0 saturated heterocycles. The van der Waals surface area contributed by atoms with E-state index in [1.165, 1.54) is 0 Å². The minimum absolute atomic E-state index is 0.00306. The van der Waals surface area contributed by atoms with Crippen molar-refractivity contribution < 1.29 is 9.90 Å². The Bertz CT molecular complexity index is 635. The summed E-state index contributed by atoms with van der Waals surface area (Å²) in [5.41, 5.74) is -1.53. The number of hydrogen-bond acceptors (Lipinski definition) is 4. The van der Waals surface area contributed by atoms with Gasteiger partial charge in [0.05, 0.1) is 5.56 Å². The summed E-state index contributed by atoms with van der Waals surface area (Å²) >= 11 is 0. The Morgan fingerprint density at radius 3 is 2.38 bits per heavy atom. The minimum Gasteiger partial charge on any atom is -0.494 e. The summed E-state index contributed by atoms with van der Waals surface area (Å²) in [7, 11) is 0. The van der Waals surface area contributed by atoms with Crippen molar-refractivity contribution in [3.63, 3.8) is 0 Å². The van der Waals surface area contributed by atoms with E-state index in [1.807, 2.05) is 20.8 Å². The van der Waals surface area contributed by atoms with Crippen LogP contribution in [0, 0.1) is 0 Å². The number of H-pyrrole nitrogens is 1. The molecular formula is C14H23N3O4. The van der Waals surface area contributed by atoms with E-state index in [0.717, 1.165) is 4.57 Å². The molecule has 7 nitrogen and oxygen atoms in total. The summed E-state index contributed by atoms with van der Waals surface area (Å²) in [4.78, 5) is 37.3. The molecule has 118 valence electrons. The van der Waals surface area contributed by atoms with Crippen molar-refractivity contribution in [1.29, 1.82) is 0 Å². The first-order chi connectivity index (χ1) is 9.53. The molecule has 21 heavy (non-hydrogen) atoms. The van der Waals surface area contributed by atoms with E-state index in [9.17, 15) is 19.5 Å². The fourth-order valence-corrected chi connectivity index (χ4v) is 2.00. The zero-order valence-electron chi connectivity index (χ0n) is 13.1. The first kappa shape index (κ1) is 17.0. The van der Waals surface area contributed by atoms with Crippen LogP contribution in [0.3, 0.4) is 0 Å². The second-order valence-electron chi connectivity index (χ2n) is 6.35. The molecule has 0 unspecified atom stereocenters. The van der Waals surface area contributed by atoms with Gasteiger partial charge in [0.1, 0.15) is 0 Å². The summed E-state index contributed by atoms with van der Waals surface area (Å²) in [6.07, 6.45) is 0.0360. The summed E-state index contributed by atoms with van der Waals surface area (Å²) in [5.74, 6) is -0.836. The van der Waals surface area contributed by atoms with Crippen LogP contribution in [0.5, 0.6) is 5.88 Å². The van der Waals surface area contributed by atoms with E-state index in [0.29, 0.717) is 0 Å². The van der Waals surface area contributed by atoms with E-state index in [-0.39, 0.29) is 41.8 Å². The third kappa shape index (κ3) is 4.47. The van der Waals surface area contributed by atoms with Gasteiger partial charge in [-0.15, -0.1) is 0 Å². The Morgan fingerprint density at radius 1 is 1.33 bits per heavy atom. The second kappa shape index (κ2) is 6.15. The van der Waals surface area contributed by atoms with Crippen LogP contribution in [0.4, 0.5) is 0 Å². The van der Waals surface area contributed by atoms with Gasteiger partial charge in [0.15, 0.2) is 0 Å². The third-order valence-electron chi connectivity index (χ3n) is 2.86. The normalized spacial score (nSPS) is 11.7. The van der Waals surface area contributed by atoms with Gasteiger partial charge in [-0.1, -0.05) is 13.8 Å². The highest BCUT2D eigenvalue weighted by Gasteiger charge is 2.18. The van der Waals surface area contributed by atoms with E-state index in [1.54, 1.807) is 13.8 Å². The van der Waals surface area contributed by atoms with Gasteiger partial charge >= 0.3 is 5.69 Å². The van der Waals surface area contributed by atoms with Gasteiger partial charge < -0.3 is 10.4 Å². The molecule has 7 heteroatoms. The molecule has 1 rings (SSSR count). The average Bonchev–Trinajstić information content (AvgIpc) is 2.24. The highest BCUT2D eigenvalue weighted by molar-refractivity contribution is 5.76. The highest BCUT2D eigenvalue weighted by atomic mass is 16.3. The maximum atomic E-state index is 11.8. The van der Waals surface area contributed by atoms with Gasteiger partial charge in [0.25, 0.3) is 5.56 Å². The van der Waals surface area contributed by atoms with Crippen LogP contribution in [-0.4, -0.2) is 26.1 Å². The Morgan fingerprint density at radius 2 is 1.90 bits per heavy atom. The van der Waals surface area contributed by atoms with Crippen LogP contribution in [0.25, 0.3) is 0 Å². The number of hydrogen-bond donors (Lipinski definition) is 3. The highest BCUT2D eigenvalue weighted by Crippen LogP contribution is 2.19. The van der Waals surface area contributed by atoms with E-state index in [2.05, 4.69) is 10.3 Å². The summed E-state index contributed by atoms with van der Waals surface area (Å²) in [6.45, 7) is 9.04. The zero-order chi connectivity index (χ0) is 16.4. The van der Waals surface area contributed by atoms with Crippen LogP contribution < -0.4 is 16.6 Å². The molecule has 0 aliphatic heterocycles. The van der Waals surface area contributed by atoms with Crippen molar-refractivity contribution in [3.8, 4) is 5.88 Å². The Hall–Kier alpha value is -2.05. The summed E-state index contributed by atoms with van der Waals surface area (Å²) < 4.78 is 1.01. The Balaban J connectivity index is 3.00. The van der Waals surface area contributed by atoms with Crippen LogP contribution in [0.2, 0.25) is 0 Å². The fourth-order valence-electron chi connectivity index (χ4n) is 2.00. The predicted octanol–water partition coefficient (Wildman–Crippen LogP) is 0.670. The molecule has 0 aliphatic rings. The number of aromatic hydroxyl groups is 1. The van der Waals surface area contributed by atoms with E-state index < -0.39 is 11.2 Å². The van der Waals surface area contributed by atoms with Crippen molar-refractivity contribution in [1.82, 2.24) is 14.9 Å². The first-order valence-corrected chi connectivity index (χ1v) is 6.90. The maximum absolute atomic E-state index is 11.8. The topological polar surface area (TPSA) is 104 Å². The minimum atomic E-state index is -0.717. The van der Waals surface area contributed by atoms with E-state index in [4.69, 9.17) is 0 Å². The average molecular weight is 297 g/mol. The number of nitrogens with zero attached hydrogens (tertiary/aromatic N) is 1. The van der Waals surface area contributed by atoms with Crippen LogP contribution in [0.15, 0.2) is 9.59 Å². The molecule has 0 atom stereocenters. The van der Waals surface area contributed by atoms with Crippen molar-refractivity contribution in [2.45, 2.75) is 59.0 Å². The molecule has 0 saturated carbocycles.